The van der Waals surface area contributed by atoms with Crippen LogP contribution in [-0.4, -0.2) is 41.5 Å². The van der Waals surface area contributed by atoms with Crippen LogP contribution in [0.1, 0.15) is 33.6 Å². The molecule has 3 saturated heterocycles. The summed E-state index contributed by atoms with van der Waals surface area (Å²) in [5, 5.41) is 0.498. The second kappa shape index (κ2) is 5.86. The predicted molar refractivity (Wildman–Crippen MR) is 108 cm³/mol. The topological polar surface area (TPSA) is 76.0 Å². The van der Waals surface area contributed by atoms with Crippen LogP contribution < -0.4 is 9.80 Å². The Morgan fingerprint density at radius 3 is 2.17 bits per heavy atom. The van der Waals surface area contributed by atoms with Crippen molar-refractivity contribution in [2.75, 3.05) is 11.4 Å². The third kappa shape index (κ3) is 1.89. The van der Waals surface area contributed by atoms with Gasteiger partial charge in [0.2, 0.25) is 28.9 Å². The number of quaternary nitrogens is 1. The van der Waals surface area contributed by atoms with Gasteiger partial charge >= 0.3 is 0 Å². The highest BCUT2D eigenvalue weighted by Crippen LogP contribution is 2.48. The summed E-state index contributed by atoms with van der Waals surface area (Å²) in [6.07, 6.45) is 1.55. The predicted octanol–water partition coefficient (Wildman–Crippen LogP) is 1.32. The molecule has 30 heavy (non-hydrogen) atoms. The number of Topliss-reactive ketones (excluding diaryl/α,β-unsaturated/α-hetero) is 2. The molecule has 1 unspecified atom stereocenters. The molecule has 0 saturated carbocycles. The quantitative estimate of drug-likeness (QED) is 0.556. The number of anilines is 1. The van der Waals surface area contributed by atoms with Crippen molar-refractivity contribution < 1.29 is 24.1 Å². The van der Waals surface area contributed by atoms with E-state index in [0.717, 1.165) is 22.6 Å². The third-order valence-electron chi connectivity index (χ3n) is 7.38. The number of nitrogens with zero attached hydrogens (tertiary/aromatic N) is 1. The summed E-state index contributed by atoms with van der Waals surface area (Å²) in [5.74, 6) is -3.01. The summed E-state index contributed by atoms with van der Waals surface area (Å²) >= 11 is 5.97. The fourth-order valence-corrected chi connectivity index (χ4v) is 6.46. The van der Waals surface area contributed by atoms with Gasteiger partial charge < -0.3 is 4.90 Å². The zero-order chi connectivity index (χ0) is 20.8. The summed E-state index contributed by atoms with van der Waals surface area (Å²) < 4.78 is 0. The first-order valence-electron chi connectivity index (χ1n) is 10.2. The average Bonchev–Trinajstić information content (AvgIpc) is 3.44. The number of imide groups is 1. The van der Waals surface area contributed by atoms with Crippen molar-refractivity contribution in [3.05, 3.63) is 64.7 Å². The lowest BCUT2D eigenvalue weighted by molar-refractivity contribution is -0.930. The molecule has 2 amide bonds. The fraction of sp³-hybridized carbons (Fsp3) is 0.304. The Balaban J connectivity index is 1.54. The van der Waals surface area contributed by atoms with Gasteiger partial charge in [0.05, 0.1) is 12.2 Å². The number of benzene rings is 2. The number of carbonyl (C=O) groups excluding carboxylic acids is 4. The minimum Gasteiger partial charge on any atom is -0.313 e. The minimum absolute atomic E-state index is 0.203. The third-order valence-corrected chi connectivity index (χ3v) is 7.64. The van der Waals surface area contributed by atoms with Crippen LogP contribution in [0.2, 0.25) is 5.02 Å². The van der Waals surface area contributed by atoms with Crippen LogP contribution in [0.4, 0.5) is 5.69 Å². The van der Waals surface area contributed by atoms with E-state index < -0.39 is 23.3 Å². The lowest BCUT2D eigenvalue weighted by Gasteiger charge is -2.32. The van der Waals surface area contributed by atoms with Crippen molar-refractivity contribution >= 4 is 40.7 Å². The zero-order valence-corrected chi connectivity index (χ0v) is 16.7. The number of rotatable bonds is 1. The molecule has 4 atom stereocenters. The molecule has 0 bridgehead atoms. The Kier molecular flexibility index (Phi) is 3.51. The van der Waals surface area contributed by atoms with Gasteiger partial charge in [0.25, 0.3) is 0 Å². The molecule has 3 fully saturated rings. The Morgan fingerprint density at radius 2 is 1.53 bits per heavy atom. The van der Waals surface area contributed by atoms with Crippen LogP contribution in [0, 0.1) is 11.8 Å². The number of carbonyl (C=O) groups is 4. The molecular formula is C23H18ClN2O4+. The maximum Gasteiger partial charge on any atom is 0.245 e. The molecule has 0 aromatic heterocycles. The lowest BCUT2D eigenvalue weighted by atomic mass is 9.76. The normalized spacial score (nSPS) is 30.9. The smallest absolute Gasteiger partial charge is 0.245 e. The molecule has 1 N–H and O–H groups in total. The van der Waals surface area contributed by atoms with Crippen molar-refractivity contribution in [1.82, 2.24) is 0 Å². The fourth-order valence-electron chi connectivity index (χ4n) is 6.34. The number of hydrogen-bond acceptors (Lipinski definition) is 4. The zero-order valence-electron chi connectivity index (χ0n) is 15.9. The number of fused-ring (bicyclic) bond motifs is 6. The number of ketones is 2. The van der Waals surface area contributed by atoms with E-state index in [2.05, 4.69) is 0 Å². The van der Waals surface area contributed by atoms with Gasteiger partial charge in [0.1, 0.15) is 17.9 Å². The van der Waals surface area contributed by atoms with Gasteiger partial charge in [-0.3, -0.25) is 19.2 Å². The molecule has 2 aromatic rings. The standard InChI is InChI=1S/C23H17ClN2O4/c24-12-7-9-13(10-8-12)26-21(29)17-16-6-3-11-25(16)23(18(17)22(26)30)19(27)14-4-1-2-5-15(14)20(23)28/h1-2,4-5,7-10,16-18H,3,6,11H2/p+1/t16-,17+,18-/m0/s1. The molecule has 6 rings (SSSR count). The van der Waals surface area contributed by atoms with Gasteiger partial charge in [-0.25, -0.2) is 4.90 Å². The molecule has 2 aromatic carbocycles. The molecule has 0 radical (unpaired) electrons. The Bertz CT molecular complexity index is 1120. The maximum absolute atomic E-state index is 13.7. The Hall–Kier alpha value is -2.83. The summed E-state index contributed by atoms with van der Waals surface area (Å²) in [6, 6.07) is 13.1. The van der Waals surface area contributed by atoms with Crippen LogP contribution in [-0.2, 0) is 9.59 Å². The Labute approximate surface area is 177 Å². The largest absolute Gasteiger partial charge is 0.313 e. The van der Waals surface area contributed by atoms with Crippen LogP contribution in [0.3, 0.4) is 0 Å². The van der Waals surface area contributed by atoms with E-state index >= 15 is 0 Å². The van der Waals surface area contributed by atoms with Gasteiger partial charge in [-0.15, -0.1) is 0 Å². The lowest BCUT2D eigenvalue weighted by Crippen LogP contribution is -3.22. The van der Waals surface area contributed by atoms with Crippen molar-refractivity contribution in [2.45, 2.75) is 24.4 Å². The monoisotopic (exact) mass is 421 g/mol. The van der Waals surface area contributed by atoms with Gasteiger partial charge in [-0.05, 0) is 24.3 Å². The number of nitrogens with one attached hydrogen (secondary N) is 1. The summed E-state index contributed by atoms with van der Waals surface area (Å²) in [7, 11) is 0. The summed E-state index contributed by atoms with van der Waals surface area (Å²) in [6.45, 7) is 0.616. The number of halogens is 1. The van der Waals surface area contributed by atoms with E-state index in [4.69, 9.17) is 11.6 Å². The SMILES string of the molecule is O=C1[C@H]2[C@@H](C(=O)N1c1ccc(Cl)cc1)C1(C(=O)c3ccccc3C1=O)[NH+]1CCC[C@@H]21. The van der Waals surface area contributed by atoms with Crippen molar-refractivity contribution in [3.63, 3.8) is 0 Å². The molecular weight excluding hydrogens is 404 g/mol. The highest BCUT2D eigenvalue weighted by atomic mass is 35.5. The van der Waals surface area contributed by atoms with E-state index in [1.165, 1.54) is 0 Å². The van der Waals surface area contributed by atoms with Crippen molar-refractivity contribution in [1.29, 1.82) is 0 Å². The van der Waals surface area contributed by atoms with Gasteiger partial charge in [-0.2, -0.15) is 0 Å². The highest BCUT2D eigenvalue weighted by Gasteiger charge is 2.80. The average molecular weight is 422 g/mol. The van der Waals surface area contributed by atoms with Gasteiger partial charge in [-0.1, -0.05) is 35.9 Å². The maximum atomic E-state index is 13.7. The van der Waals surface area contributed by atoms with E-state index in [9.17, 15) is 19.2 Å². The highest BCUT2D eigenvalue weighted by molar-refractivity contribution is 6.36. The molecule has 7 heteroatoms. The van der Waals surface area contributed by atoms with Crippen LogP contribution >= 0.6 is 11.6 Å². The van der Waals surface area contributed by atoms with Gasteiger partial charge in [0, 0.05) is 29.0 Å². The number of amides is 2. The van der Waals surface area contributed by atoms with E-state index in [1.54, 1.807) is 48.5 Å². The van der Waals surface area contributed by atoms with E-state index in [-0.39, 0.29) is 23.5 Å². The second-order valence-electron chi connectivity index (χ2n) is 8.53. The Morgan fingerprint density at radius 1 is 0.900 bits per heavy atom. The molecule has 150 valence electrons. The second-order valence-corrected chi connectivity index (χ2v) is 8.96. The first kappa shape index (κ1) is 18.0. The van der Waals surface area contributed by atoms with Crippen molar-refractivity contribution in [3.8, 4) is 0 Å². The van der Waals surface area contributed by atoms with Crippen LogP contribution in [0.25, 0.3) is 0 Å². The summed E-state index contributed by atoms with van der Waals surface area (Å²) in [5.41, 5.74) is -0.365. The summed E-state index contributed by atoms with van der Waals surface area (Å²) in [4.78, 5) is 56.6. The van der Waals surface area contributed by atoms with Crippen molar-refractivity contribution in [2.24, 2.45) is 11.8 Å². The van der Waals surface area contributed by atoms with Crippen LogP contribution in [0.5, 0.6) is 0 Å². The molecule has 1 spiro atoms. The molecule has 4 aliphatic rings. The minimum atomic E-state index is -1.52. The van der Waals surface area contributed by atoms with E-state index in [1.807, 2.05) is 0 Å². The van der Waals surface area contributed by atoms with Crippen LogP contribution in [0.15, 0.2) is 48.5 Å². The van der Waals surface area contributed by atoms with Gasteiger partial charge in [0.15, 0.2) is 0 Å². The van der Waals surface area contributed by atoms with E-state index in [0.29, 0.717) is 28.4 Å². The molecule has 6 nitrogen and oxygen atoms in total. The first-order chi connectivity index (χ1) is 14.5. The molecule has 3 heterocycles. The number of hydrogen-bond donors (Lipinski definition) is 1. The molecule has 1 aliphatic carbocycles. The first-order valence-corrected chi connectivity index (χ1v) is 10.5. The molecule has 3 aliphatic heterocycles.